The zero-order valence-corrected chi connectivity index (χ0v) is 32.7. The second-order valence-electron chi connectivity index (χ2n) is 13.7. The molecular weight excluding hydrogens is 761 g/mol. The largest absolute Gasteiger partial charge is 0.508 e. The number of phenolic OH excluding ortho intramolecular Hbond substituents is 1. The van der Waals surface area contributed by atoms with E-state index in [-0.39, 0.29) is 35.1 Å². The van der Waals surface area contributed by atoms with Crippen molar-refractivity contribution < 1.29 is 44.9 Å². The van der Waals surface area contributed by atoms with Crippen molar-refractivity contribution >= 4 is 29.5 Å². The van der Waals surface area contributed by atoms with Crippen LogP contribution in [0.3, 0.4) is 0 Å². The Morgan fingerprint density at radius 2 is 0.673 bits per heavy atom. The Labute approximate surface area is 321 Å². The fourth-order valence-corrected chi connectivity index (χ4v) is 9.44. The molecule has 10 nitrogen and oxygen atoms in total. The van der Waals surface area contributed by atoms with Crippen LogP contribution in [0.4, 0.5) is 0 Å². The molecule has 0 aliphatic carbocycles. The molecule has 0 radical (unpaired) electrons. The highest BCUT2D eigenvalue weighted by atomic mass is 32.2. The van der Waals surface area contributed by atoms with E-state index in [2.05, 4.69) is 0 Å². The number of aliphatic hydroxyl groups is 1. The molecule has 0 saturated heterocycles. The lowest BCUT2D eigenvalue weighted by atomic mass is 9.98. The van der Waals surface area contributed by atoms with E-state index in [1.54, 1.807) is 64.1 Å². The second kappa shape index (κ2) is 14.6. The van der Waals surface area contributed by atoms with Gasteiger partial charge in [0.2, 0.25) is 29.5 Å². The molecule has 2 N–H and O–H groups in total. The number of phenols is 1. The molecule has 0 bridgehead atoms. The minimum absolute atomic E-state index is 0.0354. The lowest BCUT2D eigenvalue weighted by Gasteiger charge is -2.27. The van der Waals surface area contributed by atoms with Gasteiger partial charge in [0.1, 0.15) is 28.6 Å². The maximum absolute atomic E-state index is 13.5. The van der Waals surface area contributed by atoms with Gasteiger partial charge in [-0.3, -0.25) is 0 Å². The van der Waals surface area contributed by atoms with Crippen LogP contribution in [0.25, 0.3) is 0 Å². The molecule has 0 aliphatic heterocycles. The summed E-state index contributed by atoms with van der Waals surface area (Å²) in [6.07, 6.45) is 0. The number of sulfone groups is 3. The number of hydrogen-bond acceptors (Lipinski definition) is 10. The van der Waals surface area contributed by atoms with Gasteiger partial charge in [-0.1, -0.05) is 24.3 Å². The standard InChI is InChI=1S/C42H38O10S3/c1-41(2,44)29-5-17-35(18-6-29)54(47,48)38-23-11-32(12-24-38)51-33-13-25-39(26-14-33)55(49,50)40-27-15-34(16-28-40)52-42(3,4)30-7-19-36(20-8-30)53(45,46)37-21-9-31(43)10-22-37/h5-28,43-44H,1-4H3. The molecule has 13 heteroatoms. The Morgan fingerprint density at radius 1 is 0.400 bits per heavy atom. The van der Waals surface area contributed by atoms with Gasteiger partial charge in [0, 0.05) is 0 Å². The molecule has 284 valence electrons. The number of ether oxygens (including phenoxy) is 2. The smallest absolute Gasteiger partial charge is 0.206 e. The van der Waals surface area contributed by atoms with Gasteiger partial charge in [-0.05, 0) is 160 Å². The number of hydrogen-bond donors (Lipinski definition) is 2. The molecule has 6 aromatic carbocycles. The van der Waals surface area contributed by atoms with Crippen LogP contribution in [-0.4, -0.2) is 35.5 Å². The third kappa shape index (κ3) is 8.45. The minimum Gasteiger partial charge on any atom is -0.508 e. The molecule has 55 heavy (non-hydrogen) atoms. The van der Waals surface area contributed by atoms with E-state index in [1.807, 2.05) is 0 Å². The molecule has 0 heterocycles. The van der Waals surface area contributed by atoms with Gasteiger partial charge in [0.05, 0.1) is 35.0 Å². The van der Waals surface area contributed by atoms with E-state index >= 15 is 0 Å². The van der Waals surface area contributed by atoms with Crippen molar-refractivity contribution in [3.63, 3.8) is 0 Å². The van der Waals surface area contributed by atoms with E-state index in [0.29, 0.717) is 28.4 Å². The molecular formula is C42H38O10S3. The van der Waals surface area contributed by atoms with Gasteiger partial charge in [0.25, 0.3) is 0 Å². The van der Waals surface area contributed by atoms with Gasteiger partial charge in [-0.2, -0.15) is 0 Å². The molecule has 6 aromatic rings. The summed E-state index contributed by atoms with van der Waals surface area (Å²) in [5.41, 5.74) is -0.733. The summed E-state index contributed by atoms with van der Waals surface area (Å²) < 4.78 is 91.3. The highest BCUT2D eigenvalue weighted by Crippen LogP contribution is 2.33. The third-order valence-corrected chi connectivity index (χ3v) is 14.2. The maximum atomic E-state index is 13.5. The van der Waals surface area contributed by atoms with Crippen LogP contribution < -0.4 is 9.47 Å². The predicted molar refractivity (Wildman–Crippen MR) is 206 cm³/mol. The quantitative estimate of drug-likeness (QED) is 0.123. The summed E-state index contributed by atoms with van der Waals surface area (Å²) in [6.45, 7) is 6.85. The van der Waals surface area contributed by atoms with Crippen LogP contribution in [0, 0.1) is 0 Å². The minimum atomic E-state index is -3.91. The van der Waals surface area contributed by atoms with Crippen molar-refractivity contribution in [1.29, 1.82) is 0 Å². The Bertz CT molecular complexity index is 2630. The first kappa shape index (κ1) is 39.2. The van der Waals surface area contributed by atoms with E-state index in [9.17, 15) is 35.5 Å². The first-order chi connectivity index (χ1) is 25.8. The topological polar surface area (TPSA) is 161 Å². The zero-order chi connectivity index (χ0) is 39.8. The van der Waals surface area contributed by atoms with Crippen LogP contribution in [0.2, 0.25) is 0 Å². The highest BCUT2D eigenvalue weighted by Gasteiger charge is 2.26. The van der Waals surface area contributed by atoms with Gasteiger partial charge < -0.3 is 19.7 Å². The third-order valence-electron chi connectivity index (χ3n) is 8.89. The van der Waals surface area contributed by atoms with Crippen molar-refractivity contribution in [2.75, 3.05) is 0 Å². The zero-order valence-electron chi connectivity index (χ0n) is 30.2. The molecule has 6 rings (SSSR count). The Hall–Kier alpha value is -5.47. The van der Waals surface area contributed by atoms with Crippen LogP contribution >= 0.6 is 0 Å². The van der Waals surface area contributed by atoms with Crippen molar-refractivity contribution in [2.24, 2.45) is 0 Å². The fraction of sp³-hybridized carbons (Fsp3) is 0.143. The predicted octanol–water partition coefficient (Wildman–Crippen LogP) is 8.22. The van der Waals surface area contributed by atoms with E-state index < -0.39 is 40.7 Å². The van der Waals surface area contributed by atoms with Crippen molar-refractivity contribution in [1.82, 2.24) is 0 Å². The first-order valence-electron chi connectivity index (χ1n) is 16.9. The van der Waals surface area contributed by atoms with E-state index in [1.165, 1.54) is 109 Å². The van der Waals surface area contributed by atoms with Gasteiger partial charge >= 0.3 is 0 Å². The summed E-state index contributed by atoms with van der Waals surface area (Å²) in [7, 11) is -11.5. The van der Waals surface area contributed by atoms with Crippen molar-refractivity contribution in [3.8, 4) is 23.0 Å². The summed E-state index contributed by atoms with van der Waals surface area (Å²) >= 11 is 0. The van der Waals surface area contributed by atoms with Crippen LogP contribution in [0.1, 0.15) is 38.8 Å². The number of aromatic hydroxyl groups is 1. The monoisotopic (exact) mass is 798 g/mol. The molecule has 0 aromatic heterocycles. The van der Waals surface area contributed by atoms with Gasteiger partial charge in [-0.15, -0.1) is 0 Å². The van der Waals surface area contributed by atoms with E-state index in [4.69, 9.17) is 9.47 Å². The normalized spacial score (nSPS) is 12.6. The Balaban J connectivity index is 1.09. The lowest BCUT2D eigenvalue weighted by molar-refractivity contribution is 0.0785. The van der Waals surface area contributed by atoms with Crippen LogP contribution in [-0.2, 0) is 40.7 Å². The van der Waals surface area contributed by atoms with E-state index in [0.717, 1.165) is 0 Å². The highest BCUT2D eigenvalue weighted by molar-refractivity contribution is 7.92. The summed E-state index contributed by atoms with van der Waals surface area (Å²) in [4.78, 5) is 0.366. The summed E-state index contributed by atoms with van der Waals surface area (Å²) in [5.74, 6) is 1.05. The Kier molecular flexibility index (Phi) is 10.4. The second-order valence-corrected chi connectivity index (χ2v) is 19.6. The van der Waals surface area contributed by atoms with Crippen molar-refractivity contribution in [2.45, 2.75) is 68.3 Å². The SMILES string of the molecule is CC(C)(O)c1ccc(S(=O)(=O)c2ccc(Oc3ccc(S(=O)(=O)c4ccc(OC(C)(C)c5ccc(S(=O)(=O)c6ccc(O)cc6)cc5)cc4)cc3)cc2)cc1. The van der Waals surface area contributed by atoms with Crippen molar-refractivity contribution in [3.05, 3.63) is 157 Å². The summed E-state index contributed by atoms with van der Waals surface area (Å²) in [5, 5.41) is 19.7. The fourth-order valence-electron chi connectivity index (χ4n) is 5.66. The summed E-state index contributed by atoms with van der Waals surface area (Å²) in [6, 6.07) is 35.3. The molecule has 0 saturated carbocycles. The van der Waals surface area contributed by atoms with Gasteiger partial charge in [-0.25, -0.2) is 25.3 Å². The average molecular weight is 799 g/mol. The molecule has 0 fully saturated rings. The lowest BCUT2D eigenvalue weighted by Crippen LogP contribution is -2.25. The van der Waals surface area contributed by atoms with Crippen LogP contribution in [0.15, 0.2) is 175 Å². The van der Waals surface area contributed by atoms with Gasteiger partial charge in [0.15, 0.2) is 0 Å². The average Bonchev–Trinajstić information content (AvgIpc) is 3.15. The number of benzene rings is 6. The maximum Gasteiger partial charge on any atom is 0.206 e. The van der Waals surface area contributed by atoms with Crippen LogP contribution in [0.5, 0.6) is 23.0 Å². The molecule has 0 spiro atoms. The molecule has 0 amide bonds. The number of rotatable bonds is 12. The first-order valence-corrected chi connectivity index (χ1v) is 21.4. The molecule has 0 aliphatic rings. The molecule has 0 unspecified atom stereocenters. The molecule has 0 atom stereocenters. The Morgan fingerprint density at radius 3 is 1.00 bits per heavy atom.